The van der Waals surface area contributed by atoms with Gasteiger partial charge in [0.1, 0.15) is 11.6 Å². The second-order valence-electron chi connectivity index (χ2n) is 4.14. The monoisotopic (exact) mass is 217 g/mol. The van der Waals surface area contributed by atoms with E-state index in [1.54, 1.807) is 0 Å². The smallest absolute Gasteiger partial charge is 0.326 e. The van der Waals surface area contributed by atoms with E-state index in [4.69, 9.17) is 15.9 Å². The number of hydrogen-bond donors (Lipinski definition) is 5. The molecule has 2 rings (SSSR count). The van der Waals surface area contributed by atoms with Gasteiger partial charge in [-0.1, -0.05) is 0 Å². The highest BCUT2D eigenvalue weighted by Gasteiger charge is 2.77. The molecule has 0 aromatic heterocycles. The molecule has 0 saturated heterocycles. The van der Waals surface area contributed by atoms with E-state index in [1.807, 2.05) is 0 Å². The maximum absolute atomic E-state index is 10.9. The van der Waals surface area contributed by atoms with Crippen LogP contribution in [-0.4, -0.2) is 50.1 Å². The van der Waals surface area contributed by atoms with E-state index in [-0.39, 0.29) is 0 Å². The minimum absolute atomic E-state index is 0.751. The topological polar surface area (TPSA) is 141 Å². The summed E-state index contributed by atoms with van der Waals surface area (Å²) in [5, 5.41) is 36.5. The van der Waals surface area contributed by atoms with Crippen LogP contribution >= 0.6 is 0 Å². The van der Waals surface area contributed by atoms with Gasteiger partial charge in [-0.15, -0.1) is 0 Å². The standard InChI is InChI=1S/C8H11NO6/c9-8(7(14)15)3-1(2(3)6(12)13)4(10)5(8)11/h1-5,10-11H,9H2,(H,12,13)(H,14,15)/t1-,2-,3-,4?,5?,8+/m0/s1. The average molecular weight is 217 g/mol. The molecule has 0 heterocycles. The normalized spacial score (nSPS) is 52.3. The molecular weight excluding hydrogens is 206 g/mol. The van der Waals surface area contributed by atoms with Crippen molar-refractivity contribution >= 4 is 11.9 Å². The lowest BCUT2D eigenvalue weighted by atomic mass is 9.88. The Kier molecular flexibility index (Phi) is 1.85. The molecule has 0 aromatic carbocycles. The molecule has 0 radical (unpaired) electrons. The van der Waals surface area contributed by atoms with Crippen LogP contribution < -0.4 is 5.73 Å². The average Bonchev–Trinajstić information content (AvgIpc) is 2.84. The Balaban J connectivity index is 2.34. The molecule has 2 aliphatic rings. The second kappa shape index (κ2) is 2.69. The molecule has 0 aromatic rings. The molecule has 15 heavy (non-hydrogen) atoms. The number of fused-ring (bicyclic) bond motifs is 1. The van der Waals surface area contributed by atoms with E-state index >= 15 is 0 Å². The number of nitrogens with two attached hydrogens (primary N) is 1. The van der Waals surface area contributed by atoms with Gasteiger partial charge in [-0.25, -0.2) is 0 Å². The van der Waals surface area contributed by atoms with Crippen LogP contribution in [0.15, 0.2) is 0 Å². The van der Waals surface area contributed by atoms with Crippen molar-refractivity contribution in [2.24, 2.45) is 23.5 Å². The molecule has 0 aliphatic heterocycles. The van der Waals surface area contributed by atoms with Gasteiger partial charge in [0.2, 0.25) is 0 Å². The number of carboxylic acids is 2. The first-order valence-electron chi connectivity index (χ1n) is 4.44. The highest BCUT2D eigenvalue weighted by Crippen LogP contribution is 2.61. The van der Waals surface area contributed by atoms with Crippen molar-refractivity contribution in [3.8, 4) is 0 Å². The van der Waals surface area contributed by atoms with Crippen LogP contribution in [0.4, 0.5) is 0 Å². The van der Waals surface area contributed by atoms with Gasteiger partial charge in [0, 0.05) is 11.8 Å². The van der Waals surface area contributed by atoms with E-state index in [0.29, 0.717) is 0 Å². The van der Waals surface area contributed by atoms with Gasteiger partial charge in [-0.05, 0) is 0 Å². The lowest BCUT2D eigenvalue weighted by molar-refractivity contribution is -0.152. The maximum atomic E-state index is 10.9. The van der Waals surface area contributed by atoms with Crippen LogP contribution in [0.5, 0.6) is 0 Å². The first kappa shape index (κ1) is 10.3. The fourth-order valence-electron chi connectivity index (χ4n) is 2.65. The maximum Gasteiger partial charge on any atom is 0.326 e. The molecule has 7 nitrogen and oxygen atoms in total. The van der Waals surface area contributed by atoms with E-state index in [2.05, 4.69) is 0 Å². The van der Waals surface area contributed by atoms with Crippen LogP contribution in [0.1, 0.15) is 0 Å². The number of aliphatic hydroxyl groups is 2. The van der Waals surface area contributed by atoms with E-state index in [1.165, 1.54) is 0 Å². The molecule has 0 bridgehead atoms. The molecular formula is C8H11NO6. The lowest BCUT2D eigenvalue weighted by Gasteiger charge is -2.28. The van der Waals surface area contributed by atoms with Crippen LogP contribution in [-0.2, 0) is 9.59 Å². The molecule has 0 spiro atoms. The van der Waals surface area contributed by atoms with E-state index < -0.39 is 47.4 Å². The summed E-state index contributed by atoms with van der Waals surface area (Å²) in [6.45, 7) is 0. The number of aliphatic carboxylic acids is 2. The fraction of sp³-hybridized carbons (Fsp3) is 0.750. The first-order valence-corrected chi connectivity index (χ1v) is 4.44. The molecule has 2 saturated carbocycles. The molecule has 2 unspecified atom stereocenters. The minimum Gasteiger partial charge on any atom is -0.481 e. The van der Waals surface area contributed by atoms with Gasteiger partial charge in [0.15, 0.2) is 0 Å². The van der Waals surface area contributed by atoms with Crippen molar-refractivity contribution in [3.05, 3.63) is 0 Å². The van der Waals surface area contributed by atoms with Gasteiger partial charge >= 0.3 is 11.9 Å². The van der Waals surface area contributed by atoms with Crippen molar-refractivity contribution in [1.29, 1.82) is 0 Å². The summed E-state index contributed by atoms with van der Waals surface area (Å²) < 4.78 is 0. The third-order valence-corrected chi connectivity index (χ3v) is 3.49. The van der Waals surface area contributed by atoms with Crippen molar-refractivity contribution in [2.75, 3.05) is 0 Å². The van der Waals surface area contributed by atoms with Crippen LogP contribution in [0, 0.1) is 17.8 Å². The van der Waals surface area contributed by atoms with Crippen molar-refractivity contribution in [2.45, 2.75) is 17.7 Å². The van der Waals surface area contributed by atoms with Crippen LogP contribution in [0.25, 0.3) is 0 Å². The van der Waals surface area contributed by atoms with E-state index in [0.717, 1.165) is 0 Å². The Bertz CT molecular complexity index is 344. The molecule has 2 aliphatic carbocycles. The third-order valence-electron chi connectivity index (χ3n) is 3.49. The summed E-state index contributed by atoms with van der Waals surface area (Å²) in [5.41, 5.74) is 3.43. The van der Waals surface area contributed by atoms with Crippen molar-refractivity contribution in [1.82, 2.24) is 0 Å². The van der Waals surface area contributed by atoms with Crippen LogP contribution in [0.3, 0.4) is 0 Å². The molecule has 6 N–H and O–H groups in total. The summed E-state index contributed by atoms with van der Waals surface area (Å²) >= 11 is 0. The van der Waals surface area contributed by atoms with Crippen molar-refractivity contribution < 1.29 is 30.0 Å². The molecule has 2 fully saturated rings. The Morgan fingerprint density at radius 1 is 1.20 bits per heavy atom. The van der Waals surface area contributed by atoms with Gasteiger partial charge in [0.05, 0.1) is 12.0 Å². The minimum atomic E-state index is -2.05. The Hall–Kier alpha value is -1.18. The fourth-order valence-corrected chi connectivity index (χ4v) is 2.65. The number of hydrogen-bond acceptors (Lipinski definition) is 5. The first-order chi connectivity index (χ1) is 6.83. The Morgan fingerprint density at radius 3 is 2.13 bits per heavy atom. The zero-order chi connectivity index (χ0) is 11.5. The van der Waals surface area contributed by atoms with Gasteiger partial charge < -0.3 is 26.2 Å². The SMILES string of the molecule is N[C@@]1(C(=O)O)C(O)C(O)[C@H]2[C@H](C(=O)O)[C@H]21. The Labute approximate surface area is 84.1 Å². The second-order valence-corrected chi connectivity index (χ2v) is 4.14. The number of carbonyl (C=O) groups is 2. The predicted octanol–water partition coefficient (Wildman–Crippen LogP) is -2.55. The number of rotatable bonds is 2. The molecule has 7 heteroatoms. The zero-order valence-electron chi connectivity index (χ0n) is 7.57. The Morgan fingerprint density at radius 2 is 1.73 bits per heavy atom. The molecule has 0 amide bonds. The summed E-state index contributed by atoms with van der Waals surface area (Å²) in [5.74, 6) is -5.28. The summed E-state index contributed by atoms with van der Waals surface area (Å²) in [4.78, 5) is 21.6. The molecule has 84 valence electrons. The quantitative estimate of drug-likeness (QED) is 0.343. The summed E-state index contributed by atoms with van der Waals surface area (Å²) in [6.07, 6.45) is -2.99. The van der Waals surface area contributed by atoms with E-state index in [9.17, 15) is 19.8 Å². The van der Waals surface area contributed by atoms with Crippen LogP contribution in [0.2, 0.25) is 0 Å². The lowest BCUT2D eigenvalue weighted by Crippen LogP contribution is -2.60. The summed E-state index contributed by atoms with van der Waals surface area (Å²) in [6, 6.07) is 0. The number of aliphatic hydroxyl groups excluding tert-OH is 2. The largest absolute Gasteiger partial charge is 0.481 e. The highest BCUT2D eigenvalue weighted by atomic mass is 16.4. The zero-order valence-corrected chi connectivity index (χ0v) is 7.57. The highest BCUT2D eigenvalue weighted by molar-refractivity contribution is 5.86. The predicted molar refractivity (Wildman–Crippen MR) is 44.7 cm³/mol. The van der Waals surface area contributed by atoms with Gasteiger partial charge in [-0.3, -0.25) is 9.59 Å². The molecule has 6 atom stereocenters. The summed E-state index contributed by atoms with van der Waals surface area (Å²) in [7, 11) is 0. The van der Waals surface area contributed by atoms with Gasteiger partial charge in [0.25, 0.3) is 0 Å². The van der Waals surface area contributed by atoms with Gasteiger partial charge in [-0.2, -0.15) is 0 Å². The van der Waals surface area contributed by atoms with Crippen molar-refractivity contribution in [3.63, 3.8) is 0 Å². The third kappa shape index (κ3) is 0.996. The number of carboxylic acid groups (broad SMARTS) is 2.